The van der Waals surface area contributed by atoms with Crippen molar-refractivity contribution in [2.75, 3.05) is 36.5 Å². The van der Waals surface area contributed by atoms with E-state index in [1.807, 2.05) is 24.3 Å². The molecule has 3 heterocycles. The molecule has 0 spiro atoms. The topological polar surface area (TPSA) is 83.1 Å². The van der Waals surface area contributed by atoms with Gasteiger partial charge in [0.2, 0.25) is 5.95 Å². The highest BCUT2D eigenvalue weighted by Crippen LogP contribution is 2.34. The van der Waals surface area contributed by atoms with Gasteiger partial charge in [-0.25, -0.2) is 4.98 Å². The number of anilines is 2. The normalized spacial score (nSPS) is 22.3. The summed E-state index contributed by atoms with van der Waals surface area (Å²) >= 11 is 1.53. The Balaban J connectivity index is 1.58. The van der Waals surface area contributed by atoms with Gasteiger partial charge in [0.15, 0.2) is 0 Å². The molecule has 3 aromatic rings. The van der Waals surface area contributed by atoms with Crippen LogP contribution in [0.15, 0.2) is 29.1 Å². The van der Waals surface area contributed by atoms with Gasteiger partial charge in [0.05, 0.1) is 23.4 Å². The van der Waals surface area contributed by atoms with E-state index in [9.17, 15) is 4.79 Å². The summed E-state index contributed by atoms with van der Waals surface area (Å²) in [5.74, 6) is 1.95. The van der Waals surface area contributed by atoms with Crippen LogP contribution in [0.4, 0.5) is 11.8 Å². The van der Waals surface area contributed by atoms with Gasteiger partial charge < -0.3 is 15.0 Å². The molecule has 29 heavy (non-hydrogen) atoms. The lowest BCUT2D eigenvalue weighted by Gasteiger charge is -2.28. The van der Waals surface area contributed by atoms with Crippen molar-refractivity contribution in [1.29, 1.82) is 0 Å². The number of aromatic nitrogens is 3. The third-order valence-electron chi connectivity index (χ3n) is 5.76. The van der Waals surface area contributed by atoms with Crippen molar-refractivity contribution in [2.45, 2.75) is 32.2 Å². The van der Waals surface area contributed by atoms with Gasteiger partial charge >= 0.3 is 0 Å². The Morgan fingerprint density at radius 3 is 2.79 bits per heavy atom. The summed E-state index contributed by atoms with van der Waals surface area (Å²) in [6.07, 6.45) is 3.40. The van der Waals surface area contributed by atoms with E-state index >= 15 is 0 Å². The third kappa shape index (κ3) is 3.74. The monoisotopic (exact) mass is 411 g/mol. The molecule has 2 atom stereocenters. The molecule has 1 aliphatic carbocycles. The molecule has 2 unspecified atom stereocenters. The molecule has 152 valence electrons. The number of nitrogens with zero attached hydrogens (tertiary/aromatic N) is 3. The van der Waals surface area contributed by atoms with Crippen molar-refractivity contribution in [3.63, 3.8) is 0 Å². The van der Waals surface area contributed by atoms with Crippen LogP contribution in [0.3, 0.4) is 0 Å². The first-order valence-electron chi connectivity index (χ1n) is 10.3. The highest BCUT2D eigenvalue weighted by Gasteiger charge is 2.26. The van der Waals surface area contributed by atoms with Crippen molar-refractivity contribution in [1.82, 2.24) is 15.0 Å². The number of aromatic amines is 1. The van der Waals surface area contributed by atoms with Gasteiger partial charge in [-0.1, -0.05) is 19.1 Å². The molecule has 1 saturated heterocycles. The Labute approximate surface area is 173 Å². The average Bonchev–Trinajstić information content (AvgIpc) is 3.34. The van der Waals surface area contributed by atoms with Crippen LogP contribution >= 0.6 is 11.3 Å². The number of ether oxygens (including phenoxy) is 1. The minimum Gasteiger partial charge on any atom is -0.378 e. The number of para-hydroxylation sites is 1. The standard InChI is InChI=1S/C21H25N5O2S/c1-13-6-7-14(12-13)22-18-17(20-23-15-4-2-3-5-16(15)29-20)19(27)25-21(24-18)26-8-10-28-11-9-26/h2-5,13-14H,6-12H2,1H3,(H2,22,24,25,27). The number of nitrogens with one attached hydrogen (secondary N) is 2. The zero-order valence-electron chi connectivity index (χ0n) is 16.5. The van der Waals surface area contributed by atoms with Crippen LogP contribution in [-0.2, 0) is 4.74 Å². The molecule has 1 aliphatic heterocycles. The fourth-order valence-electron chi connectivity index (χ4n) is 4.20. The van der Waals surface area contributed by atoms with Crippen LogP contribution in [0.25, 0.3) is 20.8 Å². The van der Waals surface area contributed by atoms with Crippen molar-refractivity contribution in [3.05, 3.63) is 34.6 Å². The van der Waals surface area contributed by atoms with Crippen LogP contribution < -0.4 is 15.8 Å². The summed E-state index contributed by atoms with van der Waals surface area (Å²) in [5, 5.41) is 4.29. The first-order valence-corrected chi connectivity index (χ1v) is 11.1. The molecule has 0 radical (unpaired) electrons. The number of thiazole rings is 1. The third-order valence-corrected chi connectivity index (χ3v) is 6.81. The van der Waals surface area contributed by atoms with Crippen molar-refractivity contribution < 1.29 is 4.74 Å². The molecule has 0 bridgehead atoms. The summed E-state index contributed by atoms with van der Waals surface area (Å²) in [4.78, 5) is 27.8. The molecule has 0 amide bonds. The first kappa shape index (κ1) is 18.6. The predicted molar refractivity (Wildman–Crippen MR) is 117 cm³/mol. The number of fused-ring (bicyclic) bond motifs is 1. The zero-order valence-corrected chi connectivity index (χ0v) is 17.3. The summed E-state index contributed by atoms with van der Waals surface area (Å²) in [5.41, 5.74) is 1.31. The van der Waals surface area contributed by atoms with Gasteiger partial charge in [-0.15, -0.1) is 11.3 Å². The average molecular weight is 412 g/mol. The maximum atomic E-state index is 13.2. The summed E-state index contributed by atoms with van der Waals surface area (Å²) in [6, 6.07) is 8.31. The Hall–Kier alpha value is -2.45. The van der Waals surface area contributed by atoms with E-state index in [0.29, 0.717) is 47.5 Å². The quantitative estimate of drug-likeness (QED) is 0.684. The molecule has 2 fully saturated rings. The molecule has 5 rings (SSSR count). The van der Waals surface area contributed by atoms with Gasteiger partial charge in [-0.2, -0.15) is 4.98 Å². The number of benzene rings is 1. The Morgan fingerprint density at radius 1 is 1.21 bits per heavy atom. The highest BCUT2D eigenvalue weighted by atomic mass is 32.1. The lowest BCUT2D eigenvalue weighted by atomic mass is 10.1. The van der Waals surface area contributed by atoms with Gasteiger partial charge in [-0.3, -0.25) is 9.78 Å². The van der Waals surface area contributed by atoms with Crippen LogP contribution in [0.2, 0.25) is 0 Å². The second kappa shape index (κ2) is 7.76. The van der Waals surface area contributed by atoms with E-state index in [0.717, 1.165) is 36.1 Å². The van der Waals surface area contributed by atoms with Crippen molar-refractivity contribution in [2.24, 2.45) is 5.92 Å². The van der Waals surface area contributed by atoms with E-state index in [-0.39, 0.29) is 5.56 Å². The lowest BCUT2D eigenvalue weighted by Crippen LogP contribution is -2.38. The van der Waals surface area contributed by atoms with E-state index < -0.39 is 0 Å². The van der Waals surface area contributed by atoms with Crippen molar-refractivity contribution in [3.8, 4) is 10.6 Å². The van der Waals surface area contributed by atoms with Gasteiger partial charge in [-0.05, 0) is 37.3 Å². The Morgan fingerprint density at radius 2 is 2.03 bits per heavy atom. The predicted octanol–water partition coefficient (Wildman–Crippen LogP) is 3.48. The number of hydrogen-bond acceptors (Lipinski definition) is 7. The van der Waals surface area contributed by atoms with Crippen LogP contribution in [-0.4, -0.2) is 47.3 Å². The highest BCUT2D eigenvalue weighted by molar-refractivity contribution is 7.21. The molecule has 1 aromatic carbocycles. The van der Waals surface area contributed by atoms with Crippen LogP contribution in [0, 0.1) is 5.92 Å². The Bertz CT molecular complexity index is 1040. The van der Waals surface area contributed by atoms with Gasteiger partial charge in [0.25, 0.3) is 5.56 Å². The largest absolute Gasteiger partial charge is 0.378 e. The number of morpholine rings is 1. The van der Waals surface area contributed by atoms with E-state index in [4.69, 9.17) is 14.7 Å². The van der Waals surface area contributed by atoms with Gasteiger partial charge in [0, 0.05) is 19.1 Å². The molecular formula is C21H25N5O2S. The van der Waals surface area contributed by atoms with E-state index in [1.165, 1.54) is 17.8 Å². The molecule has 2 aromatic heterocycles. The number of hydrogen-bond donors (Lipinski definition) is 2. The minimum absolute atomic E-state index is 0.144. The molecule has 2 N–H and O–H groups in total. The lowest BCUT2D eigenvalue weighted by molar-refractivity contribution is 0.122. The minimum atomic E-state index is -0.144. The Kier molecular flexibility index (Phi) is 4.97. The van der Waals surface area contributed by atoms with E-state index in [2.05, 4.69) is 22.1 Å². The van der Waals surface area contributed by atoms with E-state index in [1.54, 1.807) is 0 Å². The fraction of sp³-hybridized carbons (Fsp3) is 0.476. The zero-order chi connectivity index (χ0) is 19.8. The van der Waals surface area contributed by atoms with Gasteiger partial charge in [0.1, 0.15) is 16.4 Å². The fourth-order valence-corrected chi connectivity index (χ4v) is 5.21. The van der Waals surface area contributed by atoms with Crippen LogP contribution in [0.5, 0.6) is 0 Å². The molecule has 1 saturated carbocycles. The molecule has 8 heteroatoms. The summed E-state index contributed by atoms with van der Waals surface area (Å²) < 4.78 is 6.51. The van der Waals surface area contributed by atoms with Crippen molar-refractivity contribution >= 4 is 33.3 Å². The smallest absolute Gasteiger partial charge is 0.264 e. The molecular weight excluding hydrogens is 386 g/mol. The summed E-state index contributed by atoms with van der Waals surface area (Å²) in [6.45, 7) is 5.02. The first-order chi connectivity index (χ1) is 14.2. The summed E-state index contributed by atoms with van der Waals surface area (Å²) in [7, 11) is 0. The molecule has 2 aliphatic rings. The molecule has 7 nitrogen and oxygen atoms in total. The maximum absolute atomic E-state index is 13.2. The van der Waals surface area contributed by atoms with Crippen LogP contribution in [0.1, 0.15) is 26.2 Å². The maximum Gasteiger partial charge on any atom is 0.264 e. The second-order valence-electron chi connectivity index (χ2n) is 7.96. The number of H-pyrrole nitrogens is 1. The second-order valence-corrected chi connectivity index (χ2v) is 8.99. The SMILES string of the molecule is CC1CCC(Nc2nc(N3CCOCC3)[nH]c(=O)c2-c2nc3ccccc3s2)C1. The number of rotatable bonds is 4.